The Hall–Kier alpha value is -2.86. The molecule has 0 radical (unpaired) electrons. The first-order chi connectivity index (χ1) is 12.0. The van der Waals surface area contributed by atoms with Crippen molar-refractivity contribution in [2.45, 2.75) is 19.4 Å². The van der Waals surface area contributed by atoms with Gasteiger partial charge >= 0.3 is 0 Å². The summed E-state index contributed by atoms with van der Waals surface area (Å²) < 4.78 is 1.57. The maximum absolute atomic E-state index is 12.4. The smallest absolute Gasteiger partial charge is 0.241 e. The molecule has 3 aromatic rings. The van der Waals surface area contributed by atoms with E-state index in [9.17, 15) is 9.59 Å². The summed E-state index contributed by atoms with van der Waals surface area (Å²) >= 11 is 5.90. The van der Waals surface area contributed by atoms with Gasteiger partial charge in [0.15, 0.2) is 0 Å². The Bertz CT molecular complexity index is 905. The van der Waals surface area contributed by atoms with Gasteiger partial charge in [0, 0.05) is 11.9 Å². The summed E-state index contributed by atoms with van der Waals surface area (Å²) in [6.07, 6.45) is 1.64. The van der Waals surface area contributed by atoms with Crippen LogP contribution in [0, 0.1) is 0 Å². The fourth-order valence-electron chi connectivity index (χ4n) is 2.61. The molecule has 25 heavy (non-hydrogen) atoms. The van der Waals surface area contributed by atoms with Crippen LogP contribution in [0.1, 0.15) is 24.9 Å². The Labute approximate surface area is 149 Å². The number of nitrogens with one attached hydrogen (secondary N) is 2. The number of para-hydroxylation sites is 2. The van der Waals surface area contributed by atoms with Gasteiger partial charge in [-0.1, -0.05) is 35.9 Å². The highest BCUT2D eigenvalue weighted by molar-refractivity contribution is 6.30. The van der Waals surface area contributed by atoms with E-state index in [2.05, 4.69) is 15.7 Å². The molecule has 0 saturated heterocycles. The second-order valence-corrected chi connectivity index (χ2v) is 6.08. The Morgan fingerprint density at radius 2 is 1.88 bits per heavy atom. The van der Waals surface area contributed by atoms with E-state index in [1.165, 1.54) is 6.92 Å². The lowest BCUT2D eigenvalue weighted by atomic mass is 10.0. The number of hydrogen-bond donors (Lipinski definition) is 2. The van der Waals surface area contributed by atoms with Crippen LogP contribution in [0.25, 0.3) is 11.0 Å². The minimum absolute atomic E-state index is 0.0910. The summed E-state index contributed by atoms with van der Waals surface area (Å²) in [4.78, 5) is 28.2. The molecule has 0 fully saturated rings. The van der Waals surface area contributed by atoms with Crippen LogP contribution in [0.5, 0.6) is 0 Å². The number of carbonyl (C=O) groups excluding carboxylic acids is 2. The van der Waals surface area contributed by atoms with Crippen molar-refractivity contribution in [2.75, 3.05) is 5.43 Å². The standard InChI is InChI=1S/C18H17ClN4O2/c1-12(24)21-16(13-6-8-14(19)9-7-13)10-18(25)22-23-11-20-15-4-2-3-5-17(15)23/h2-9,11,16H,10H2,1H3,(H,21,24)(H,22,25). The molecule has 1 heterocycles. The molecule has 0 bridgehead atoms. The minimum Gasteiger partial charge on any atom is -0.349 e. The van der Waals surface area contributed by atoms with Crippen LogP contribution in [-0.2, 0) is 9.59 Å². The van der Waals surface area contributed by atoms with E-state index in [-0.39, 0.29) is 18.2 Å². The third-order valence-corrected chi connectivity index (χ3v) is 3.99. The Morgan fingerprint density at radius 3 is 2.60 bits per heavy atom. The van der Waals surface area contributed by atoms with E-state index < -0.39 is 6.04 Å². The molecule has 0 aliphatic heterocycles. The number of rotatable bonds is 5. The van der Waals surface area contributed by atoms with E-state index in [4.69, 9.17) is 11.6 Å². The SMILES string of the molecule is CC(=O)NC(CC(=O)Nn1cnc2ccccc21)c1ccc(Cl)cc1. The zero-order chi connectivity index (χ0) is 17.8. The average molecular weight is 357 g/mol. The van der Waals surface area contributed by atoms with Crippen molar-refractivity contribution in [3.8, 4) is 0 Å². The van der Waals surface area contributed by atoms with E-state index in [0.717, 1.165) is 16.6 Å². The van der Waals surface area contributed by atoms with Crippen LogP contribution in [0.2, 0.25) is 5.02 Å². The topological polar surface area (TPSA) is 76.0 Å². The molecule has 0 saturated carbocycles. The highest BCUT2D eigenvalue weighted by Gasteiger charge is 2.18. The summed E-state index contributed by atoms with van der Waals surface area (Å²) in [6, 6.07) is 14.1. The molecule has 2 N–H and O–H groups in total. The fraction of sp³-hybridized carbons (Fsp3) is 0.167. The molecule has 2 aromatic carbocycles. The number of halogens is 1. The van der Waals surface area contributed by atoms with Crippen molar-refractivity contribution >= 4 is 34.4 Å². The van der Waals surface area contributed by atoms with Gasteiger partial charge < -0.3 is 5.32 Å². The molecule has 1 unspecified atom stereocenters. The number of fused-ring (bicyclic) bond motifs is 1. The molecule has 7 heteroatoms. The van der Waals surface area contributed by atoms with Gasteiger partial charge in [-0.2, -0.15) is 0 Å². The van der Waals surface area contributed by atoms with Crippen molar-refractivity contribution in [1.29, 1.82) is 0 Å². The van der Waals surface area contributed by atoms with Gasteiger partial charge in [0.25, 0.3) is 0 Å². The lowest BCUT2D eigenvalue weighted by Crippen LogP contribution is -2.31. The lowest BCUT2D eigenvalue weighted by molar-refractivity contribution is -0.120. The number of aromatic nitrogens is 2. The molecule has 1 aromatic heterocycles. The number of benzene rings is 2. The normalized spacial score (nSPS) is 11.9. The average Bonchev–Trinajstić information content (AvgIpc) is 2.98. The maximum atomic E-state index is 12.4. The van der Waals surface area contributed by atoms with Gasteiger partial charge in [0.05, 0.1) is 23.5 Å². The van der Waals surface area contributed by atoms with E-state index in [1.54, 1.807) is 35.3 Å². The van der Waals surface area contributed by atoms with Gasteiger partial charge in [0.1, 0.15) is 6.33 Å². The highest BCUT2D eigenvalue weighted by atomic mass is 35.5. The number of imidazole rings is 1. The van der Waals surface area contributed by atoms with E-state index in [0.29, 0.717) is 5.02 Å². The monoisotopic (exact) mass is 356 g/mol. The van der Waals surface area contributed by atoms with Crippen LogP contribution < -0.4 is 10.7 Å². The number of amides is 2. The van der Waals surface area contributed by atoms with Gasteiger partial charge in [-0.25, -0.2) is 9.66 Å². The Morgan fingerprint density at radius 1 is 1.16 bits per heavy atom. The highest BCUT2D eigenvalue weighted by Crippen LogP contribution is 2.20. The van der Waals surface area contributed by atoms with Crippen LogP contribution in [0.4, 0.5) is 0 Å². The second kappa shape index (κ2) is 7.36. The van der Waals surface area contributed by atoms with Gasteiger partial charge in [-0.05, 0) is 29.8 Å². The Kier molecular flexibility index (Phi) is 5.00. The first-order valence-corrected chi connectivity index (χ1v) is 8.15. The molecular weight excluding hydrogens is 340 g/mol. The summed E-state index contributed by atoms with van der Waals surface area (Å²) in [5.74, 6) is -0.447. The molecule has 3 rings (SSSR count). The van der Waals surface area contributed by atoms with Crippen molar-refractivity contribution < 1.29 is 9.59 Å². The predicted octanol–water partition coefficient (Wildman–Crippen LogP) is 3.03. The van der Waals surface area contributed by atoms with Gasteiger partial charge in [-0.15, -0.1) is 0 Å². The van der Waals surface area contributed by atoms with Crippen molar-refractivity contribution in [1.82, 2.24) is 15.0 Å². The zero-order valence-electron chi connectivity index (χ0n) is 13.6. The third-order valence-electron chi connectivity index (χ3n) is 3.74. The summed E-state index contributed by atoms with van der Waals surface area (Å²) in [7, 11) is 0. The van der Waals surface area contributed by atoms with Gasteiger partial charge in [-0.3, -0.25) is 15.0 Å². The molecular formula is C18H17ClN4O2. The fourth-order valence-corrected chi connectivity index (χ4v) is 2.73. The molecule has 0 aliphatic carbocycles. The molecule has 0 aliphatic rings. The molecule has 6 nitrogen and oxygen atoms in total. The number of carbonyl (C=O) groups is 2. The number of hydrogen-bond acceptors (Lipinski definition) is 3. The van der Waals surface area contributed by atoms with E-state index in [1.807, 2.05) is 24.3 Å². The molecule has 2 amide bonds. The molecule has 1 atom stereocenters. The summed E-state index contributed by atoms with van der Waals surface area (Å²) in [5.41, 5.74) is 5.19. The van der Waals surface area contributed by atoms with Crippen LogP contribution in [0.15, 0.2) is 54.9 Å². The molecule has 0 spiro atoms. The lowest BCUT2D eigenvalue weighted by Gasteiger charge is -2.18. The zero-order valence-corrected chi connectivity index (χ0v) is 14.3. The van der Waals surface area contributed by atoms with Crippen molar-refractivity contribution in [3.63, 3.8) is 0 Å². The maximum Gasteiger partial charge on any atom is 0.241 e. The first-order valence-electron chi connectivity index (χ1n) is 7.77. The third kappa shape index (κ3) is 4.16. The van der Waals surface area contributed by atoms with Crippen LogP contribution in [-0.4, -0.2) is 21.5 Å². The Balaban J connectivity index is 1.75. The predicted molar refractivity (Wildman–Crippen MR) is 96.7 cm³/mol. The number of nitrogens with zero attached hydrogens (tertiary/aromatic N) is 2. The van der Waals surface area contributed by atoms with Gasteiger partial charge in [0.2, 0.25) is 11.8 Å². The quantitative estimate of drug-likeness (QED) is 0.737. The van der Waals surface area contributed by atoms with Crippen LogP contribution >= 0.6 is 11.6 Å². The second-order valence-electron chi connectivity index (χ2n) is 5.65. The van der Waals surface area contributed by atoms with Crippen molar-refractivity contribution in [3.05, 3.63) is 65.4 Å². The summed E-state index contributed by atoms with van der Waals surface area (Å²) in [5, 5.41) is 3.39. The first kappa shape index (κ1) is 17.0. The molecule has 128 valence electrons. The van der Waals surface area contributed by atoms with Crippen LogP contribution in [0.3, 0.4) is 0 Å². The summed E-state index contributed by atoms with van der Waals surface area (Å²) in [6.45, 7) is 1.42. The van der Waals surface area contributed by atoms with E-state index >= 15 is 0 Å². The van der Waals surface area contributed by atoms with Crippen molar-refractivity contribution in [2.24, 2.45) is 0 Å². The minimum atomic E-state index is -0.440. The largest absolute Gasteiger partial charge is 0.349 e.